The SMILES string of the molecule is C=C(NCC1CCC1)C1CCCCC1OCc1cc(=O)n2nc(-c3ccccc3)nc2[nH]1. The van der Waals surface area contributed by atoms with Crippen LogP contribution in [0.4, 0.5) is 0 Å². The molecule has 5 rings (SSSR count). The van der Waals surface area contributed by atoms with Crippen LogP contribution in [0.15, 0.2) is 53.5 Å². The largest absolute Gasteiger partial charge is 0.388 e. The second-order valence-corrected chi connectivity index (χ2v) is 9.11. The normalized spacial score (nSPS) is 21.4. The predicted octanol–water partition coefficient (Wildman–Crippen LogP) is 4.06. The third kappa shape index (κ3) is 4.48. The molecule has 2 aliphatic carbocycles. The lowest BCUT2D eigenvalue weighted by atomic mass is 9.83. The van der Waals surface area contributed by atoms with Gasteiger partial charge in [0.25, 0.3) is 5.56 Å². The number of nitrogens with one attached hydrogen (secondary N) is 2. The second kappa shape index (κ2) is 9.28. The van der Waals surface area contributed by atoms with Gasteiger partial charge in [-0.25, -0.2) is 0 Å². The van der Waals surface area contributed by atoms with Gasteiger partial charge in [-0.05, 0) is 31.6 Å². The third-order valence-electron chi connectivity index (χ3n) is 6.86. The monoisotopic (exact) mass is 433 g/mol. The Morgan fingerprint density at radius 1 is 1.16 bits per heavy atom. The van der Waals surface area contributed by atoms with Gasteiger partial charge in [-0.1, -0.05) is 56.2 Å². The fourth-order valence-corrected chi connectivity index (χ4v) is 4.72. The van der Waals surface area contributed by atoms with Crippen LogP contribution in [-0.4, -0.2) is 32.2 Å². The highest BCUT2D eigenvalue weighted by Crippen LogP contribution is 2.32. The highest BCUT2D eigenvalue weighted by molar-refractivity contribution is 5.56. The summed E-state index contributed by atoms with van der Waals surface area (Å²) in [7, 11) is 0. The Balaban J connectivity index is 1.27. The second-order valence-electron chi connectivity index (χ2n) is 9.11. The molecule has 0 radical (unpaired) electrons. The van der Waals surface area contributed by atoms with Gasteiger partial charge in [-0.3, -0.25) is 4.79 Å². The Morgan fingerprint density at radius 2 is 1.97 bits per heavy atom. The van der Waals surface area contributed by atoms with E-state index in [1.165, 1.54) is 30.2 Å². The maximum atomic E-state index is 12.6. The number of nitrogens with zero attached hydrogens (tertiary/aromatic N) is 3. The number of aromatic nitrogens is 4. The molecule has 7 heteroatoms. The molecule has 2 aliphatic rings. The van der Waals surface area contributed by atoms with Crippen molar-refractivity contribution in [1.82, 2.24) is 24.9 Å². The van der Waals surface area contributed by atoms with Gasteiger partial charge in [0, 0.05) is 35.5 Å². The molecule has 2 heterocycles. The van der Waals surface area contributed by atoms with E-state index >= 15 is 0 Å². The summed E-state index contributed by atoms with van der Waals surface area (Å²) in [5.41, 5.74) is 2.49. The number of rotatable bonds is 8. The fraction of sp³-hybridized carbons (Fsp3) is 0.480. The van der Waals surface area contributed by atoms with Crippen molar-refractivity contribution in [3.63, 3.8) is 0 Å². The number of aromatic amines is 1. The maximum Gasteiger partial charge on any atom is 0.275 e. The topological polar surface area (TPSA) is 84.3 Å². The number of fused-ring (bicyclic) bond motifs is 1. The van der Waals surface area contributed by atoms with E-state index in [4.69, 9.17) is 4.74 Å². The highest BCUT2D eigenvalue weighted by atomic mass is 16.5. The first-order chi connectivity index (χ1) is 15.7. The first-order valence-electron chi connectivity index (χ1n) is 11.8. The molecule has 0 amide bonds. The molecule has 32 heavy (non-hydrogen) atoms. The summed E-state index contributed by atoms with van der Waals surface area (Å²) in [6, 6.07) is 11.2. The molecular weight excluding hydrogens is 402 g/mol. The molecule has 2 fully saturated rings. The molecule has 2 aromatic heterocycles. The smallest absolute Gasteiger partial charge is 0.275 e. The summed E-state index contributed by atoms with van der Waals surface area (Å²) in [6.07, 6.45) is 8.62. The van der Waals surface area contributed by atoms with Crippen molar-refractivity contribution in [3.05, 3.63) is 64.7 Å². The Hall–Kier alpha value is -2.93. The van der Waals surface area contributed by atoms with Gasteiger partial charge in [-0.2, -0.15) is 9.50 Å². The van der Waals surface area contributed by atoms with Crippen molar-refractivity contribution in [2.24, 2.45) is 11.8 Å². The van der Waals surface area contributed by atoms with Gasteiger partial charge in [0.15, 0.2) is 5.82 Å². The Bertz CT molecular complexity index is 1130. The van der Waals surface area contributed by atoms with Gasteiger partial charge >= 0.3 is 0 Å². The lowest BCUT2D eigenvalue weighted by Gasteiger charge is -2.34. The van der Waals surface area contributed by atoms with Crippen LogP contribution in [0.3, 0.4) is 0 Å². The van der Waals surface area contributed by atoms with Crippen molar-refractivity contribution >= 4 is 5.78 Å². The van der Waals surface area contributed by atoms with Gasteiger partial charge in [0.2, 0.25) is 5.78 Å². The van der Waals surface area contributed by atoms with Crippen LogP contribution >= 0.6 is 0 Å². The lowest BCUT2D eigenvalue weighted by Crippen LogP contribution is -2.36. The summed E-state index contributed by atoms with van der Waals surface area (Å²) in [6.45, 7) is 5.70. The zero-order valence-corrected chi connectivity index (χ0v) is 18.4. The fourth-order valence-electron chi connectivity index (χ4n) is 4.72. The number of hydrogen-bond donors (Lipinski definition) is 2. The van der Waals surface area contributed by atoms with Crippen molar-refractivity contribution < 1.29 is 4.74 Å². The molecule has 168 valence electrons. The van der Waals surface area contributed by atoms with Crippen LogP contribution < -0.4 is 10.9 Å². The van der Waals surface area contributed by atoms with E-state index in [0.29, 0.717) is 29.8 Å². The summed E-state index contributed by atoms with van der Waals surface area (Å²) in [4.78, 5) is 20.3. The first kappa shape index (κ1) is 20.9. The Kier molecular flexibility index (Phi) is 6.08. The van der Waals surface area contributed by atoms with E-state index in [1.54, 1.807) is 6.07 Å². The van der Waals surface area contributed by atoms with Crippen molar-refractivity contribution in [2.75, 3.05) is 6.54 Å². The molecule has 2 N–H and O–H groups in total. The third-order valence-corrected chi connectivity index (χ3v) is 6.86. The number of H-pyrrole nitrogens is 1. The molecule has 7 nitrogen and oxygen atoms in total. The lowest BCUT2D eigenvalue weighted by molar-refractivity contribution is -0.0134. The number of hydrogen-bond acceptors (Lipinski definition) is 5. The zero-order chi connectivity index (χ0) is 21.9. The maximum absolute atomic E-state index is 12.6. The predicted molar refractivity (Wildman–Crippen MR) is 124 cm³/mol. The van der Waals surface area contributed by atoms with Crippen molar-refractivity contribution in [3.8, 4) is 11.4 Å². The number of benzene rings is 1. The highest BCUT2D eigenvalue weighted by Gasteiger charge is 2.29. The summed E-state index contributed by atoms with van der Waals surface area (Å²) < 4.78 is 7.62. The van der Waals surface area contributed by atoms with Crippen LogP contribution in [0.5, 0.6) is 0 Å². The van der Waals surface area contributed by atoms with E-state index in [9.17, 15) is 4.79 Å². The summed E-state index contributed by atoms with van der Waals surface area (Å²) in [5, 5.41) is 7.94. The van der Waals surface area contributed by atoms with Crippen molar-refractivity contribution in [2.45, 2.75) is 57.7 Å². The summed E-state index contributed by atoms with van der Waals surface area (Å²) in [5.74, 6) is 2.08. The van der Waals surface area contributed by atoms with Gasteiger partial charge in [-0.15, -0.1) is 5.10 Å². The van der Waals surface area contributed by atoms with E-state index < -0.39 is 0 Å². The van der Waals surface area contributed by atoms with E-state index in [2.05, 4.69) is 27.0 Å². The van der Waals surface area contributed by atoms with Crippen LogP contribution in [0.1, 0.15) is 50.6 Å². The van der Waals surface area contributed by atoms with Crippen LogP contribution in [0.25, 0.3) is 17.2 Å². The minimum Gasteiger partial charge on any atom is -0.388 e. The zero-order valence-electron chi connectivity index (χ0n) is 18.4. The minimum absolute atomic E-state index is 0.114. The Labute approximate surface area is 187 Å². The molecule has 1 aromatic carbocycles. The molecule has 0 bridgehead atoms. The van der Waals surface area contributed by atoms with E-state index in [-0.39, 0.29) is 11.7 Å². The quantitative estimate of drug-likeness (QED) is 0.560. The first-order valence-corrected chi connectivity index (χ1v) is 11.8. The Morgan fingerprint density at radius 3 is 2.75 bits per heavy atom. The van der Waals surface area contributed by atoms with E-state index in [0.717, 1.165) is 43.0 Å². The van der Waals surface area contributed by atoms with Gasteiger partial charge in [0.1, 0.15) is 0 Å². The molecule has 0 spiro atoms. The molecule has 3 aromatic rings. The molecule has 0 aliphatic heterocycles. The van der Waals surface area contributed by atoms with Crippen LogP contribution in [-0.2, 0) is 11.3 Å². The molecule has 2 unspecified atom stereocenters. The summed E-state index contributed by atoms with van der Waals surface area (Å²) >= 11 is 0. The molecule has 0 saturated heterocycles. The van der Waals surface area contributed by atoms with E-state index in [1.807, 2.05) is 30.3 Å². The molecule has 2 atom stereocenters. The van der Waals surface area contributed by atoms with Crippen LogP contribution in [0, 0.1) is 11.8 Å². The van der Waals surface area contributed by atoms with Crippen molar-refractivity contribution in [1.29, 1.82) is 0 Å². The molecular formula is C25H31N5O2. The minimum atomic E-state index is -0.209. The average molecular weight is 434 g/mol. The average Bonchev–Trinajstić information content (AvgIpc) is 3.22. The van der Waals surface area contributed by atoms with Gasteiger partial charge < -0.3 is 15.0 Å². The van der Waals surface area contributed by atoms with Crippen LogP contribution in [0.2, 0.25) is 0 Å². The van der Waals surface area contributed by atoms with Gasteiger partial charge in [0.05, 0.1) is 12.7 Å². The standard InChI is InChI=1S/C25H31N5O2/c1-17(26-15-18-8-7-9-18)21-12-5-6-13-22(21)32-16-20-14-23(31)30-25(27-20)28-24(29-30)19-10-3-2-4-11-19/h2-4,10-11,14,18,21-22,26H,1,5-9,12-13,15-16H2,(H,27,28,29). The molecule has 2 saturated carbocycles. The number of ether oxygens (including phenoxy) is 1.